The summed E-state index contributed by atoms with van der Waals surface area (Å²) in [6, 6.07) is 5.84. The number of urea groups is 1. The summed E-state index contributed by atoms with van der Waals surface area (Å²) in [5.41, 5.74) is 0.690. The zero-order valence-electron chi connectivity index (χ0n) is 11.7. The molecule has 1 rings (SSSR count). The normalized spacial score (nSPS) is 11.6. The van der Waals surface area contributed by atoms with Crippen LogP contribution in [0.2, 0.25) is 0 Å². The molecule has 3 N–H and O–H groups in total. The van der Waals surface area contributed by atoms with Gasteiger partial charge in [0.2, 0.25) is 0 Å². The molecular formula is C14H16BrN3O3. The van der Waals surface area contributed by atoms with Gasteiger partial charge in [-0.2, -0.15) is 5.26 Å². The molecule has 7 heteroatoms. The quantitative estimate of drug-likeness (QED) is 0.756. The Kier molecular flexibility index (Phi) is 6.18. The van der Waals surface area contributed by atoms with Gasteiger partial charge in [0, 0.05) is 10.5 Å². The van der Waals surface area contributed by atoms with E-state index in [1.165, 1.54) is 0 Å². The number of aliphatic carboxylic acids is 1. The van der Waals surface area contributed by atoms with Crippen LogP contribution in [0, 0.1) is 17.2 Å². The third kappa shape index (κ3) is 5.44. The van der Waals surface area contributed by atoms with Crippen molar-refractivity contribution in [2.75, 3.05) is 5.32 Å². The SMILES string of the molecule is CC(C)C(CC(=O)O)NC(=O)Nc1cc(Br)ccc1C#N. The molecule has 1 aromatic carbocycles. The van der Waals surface area contributed by atoms with Crippen LogP contribution in [0.25, 0.3) is 0 Å². The van der Waals surface area contributed by atoms with Gasteiger partial charge in [0.15, 0.2) is 0 Å². The highest BCUT2D eigenvalue weighted by atomic mass is 79.9. The molecule has 0 aliphatic rings. The van der Waals surface area contributed by atoms with Crippen LogP contribution in [0.5, 0.6) is 0 Å². The Balaban J connectivity index is 2.79. The first-order valence-electron chi connectivity index (χ1n) is 6.32. The van der Waals surface area contributed by atoms with Gasteiger partial charge >= 0.3 is 12.0 Å². The molecule has 0 spiro atoms. The molecule has 2 amide bonds. The molecule has 0 fully saturated rings. The third-order valence-corrected chi connectivity index (χ3v) is 3.36. The Morgan fingerprint density at radius 1 is 1.43 bits per heavy atom. The zero-order valence-corrected chi connectivity index (χ0v) is 13.3. The summed E-state index contributed by atoms with van der Waals surface area (Å²) in [5.74, 6) is -1.00. The average Bonchev–Trinajstić information content (AvgIpc) is 2.37. The fourth-order valence-corrected chi connectivity index (χ4v) is 2.05. The number of carboxylic acids is 1. The van der Waals surface area contributed by atoms with E-state index in [2.05, 4.69) is 26.6 Å². The Morgan fingerprint density at radius 2 is 2.10 bits per heavy atom. The maximum Gasteiger partial charge on any atom is 0.319 e. The Bertz CT molecular complexity index is 581. The van der Waals surface area contributed by atoms with Crippen LogP contribution in [0.4, 0.5) is 10.5 Å². The molecule has 1 unspecified atom stereocenters. The van der Waals surface area contributed by atoms with Crippen molar-refractivity contribution in [1.82, 2.24) is 5.32 Å². The summed E-state index contributed by atoms with van der Waals surface area (Å²) in [5, 5.41) is 23.0. The smallest absolute Gasteiger partial charge is 0.319 e. The van der Waals surface area contributed by atoms with E-state index in [0.717, 1.165) is 4.47 Å². The molecule has 0 radical (unpaired) electrons. The number of carboxylic acid groups (broad SMARTS) is 1. The fourth-order valence-electron chi connectivity index (χ4n) is 1.69. The molecule has 0 saturated heterocycles. The van der Waals surface area contributed by atoms with Gasteiger partial charge in [-0.25, -0.2) is 4.79 Å². The second-order valence-electron chi connectivity index (χ2n) is 4.85. The summed E-state index contributed by atoms with van der Waals surface area (Å²) in [6.45, 7) is 3.65. The highest BCUT2D eigenvalue weighted by Crippen LogP contribution is 2.20. The van der Waals surface area contributed by atoms with E-state index in [1.807, 2.05) is 19.9 Å². The highest BCUT2D eigenvalue weighted by Gasteiger charge is 2.19. The topological polar surface area (TPSA) is 102 Å². The Labute approximate surface area is 131 Å². The molecule has 0 heterocycles. The van der Waals surface area contributed by atoms with Crippen molar-refractivity contribution in [2.45, 2.75) is 26.3 Å². The number of hydrogen-bond acceptors (Lipinski definition) is 3. The van der Waals surface area contributed by atoms with Crippen LogP contribution in [-0.4, -0.2) is 23.1 Å². The second-order valence-corrected chi connectivity index (χ2v) is 5.76. The van der Waals surface area contributed by atoms with E-state index in [4.69, 9.17) is 10.4 Å². The number of nitrogens with zero attached hydrogens (tertiary/aromatic N) is 1. The predicted octanol–water partition coefficient (Wildman–Crippen LogP) is 2.94. The molecule has 0 saturated carbocycles. The van der Waals surface area contributed by atoms with Crippen molar-refractivity contribution < 1.29 is 14.7 Å². The minimum absolute atomic E-state index is 0.0233. The number of hydrogen-bond donors (Lipinski definition) is 3. The molecule has 1 aromatic rings. The molecule has 112 valence electrons. The van der Waals surface area contributed by atoms with Gasteiger partial charge < -0.3 is 15.7 Å². The largest absolute Gasteiger partial charge is 0.481 e. The number of carbonyl (C=O) groups is 2. The first kappa shape index (κ1) is 17.0. The lowest BCUT2D eigenvalue weighted by atomic mass is 10.0. The van der Waals surface area contributed by atoms with Gasteiger partial charge in [-0.1, -0.05) is 29.8 Å². The van der Waals surface area contributed by atoms with Crippen molar-refractivity contribution in [3.63, 3.8) is 0 Å². The molecule has 0 aliphatic heterocycles. The monoisotopic (exact) mass is 353 g/mol. The summed E-state index contributed by atoms with van der Waals surface area (Å²) in [7, 11) is 0. The number of halogens is 1. The third-order valence-electron chi connectivity index (χ3n) is 2.87. The minimum atomic E-state index is -0.978. The zero-order chi connectivity index (χ0) is 16.0. The van der Waals surface area contributed by atoms with Crippen molar-refractivity contribution in [1.29, 1.82) is 5.26 Å². The lowest BCUT2D eigenvalue weighted by molar-refractivity contribution is -0.137. The molecule has 0 bridgehead atoms. The first-order valence-corrected chi connectivity index (χ1v) is 7.11. The van der Waals surface area contributed by atoms with Gasteiger partial charge in [0.05, 0.1) is 17.7 Å². The van der Waals surface area contributed by atoms with Crippen LogP contribution >= 0.6 is 15.9 Å². The predicted molar refractivity (Wildman–Crippen MR) is 81.9 cm³/mol. The Morgan fingerprint density at radius 3 is 2.62 bits per heavy atom. The summed E-state index contributed by atoms with van der Waals surface area (Å²) >= 11 is 3.26. The number of amides is 2. The van der Waals surface area contributed by atoms with Gasteiger partial charge in [-0.15, -0.1) is 0 Å². The van der Waals surface area contributed by atoms with Crippen LogP contribution in [0.1, 0.15) is 25.8 Å². The van der Waals surface area contributed by atoms with E-state index in [1.54, 1.807) is 18.2 Å². The summed E-state index contributed by atoms with van der Waals surface area (Å²) in [4.78, 5) is 22.7. The molecule has 21 heavy (non-hydrogen) atoms. The molecular weight excluding hydrogens is 338 g/mol. The number of rotatable bonds is 5. The Hall–Kier alpha value is -2.07. The maximum atomic E-state index is 11.9. The summed E-state index contributed by atoms with van der Waals surface area (Å²) in [6.07, 6.45) is -0.158. The van der Waals surface area contributed by atoms with E-state index in [0.29, 0.717) is 11.3 Å². The van der Waals surface area contributed by atoms with Crippen molar-refractivity contribution in [2.24, 2.45) is 5.92 Å². The first-order chi connectivity index (χ1) is 9.83. The number of benzene rings is 1. The van der Waals surface area contributed by atoms with Crippen molar-refractivity contribution in [3.8, 4) is 6.07 Å². The number of carbonyl (C=O) groups excluding carboxylic acids is 1. The standard InChI is InChI=1S/C14H16BrN3O3/c1-8(2)11(6-13(19)20)17-14(21)18-12-5-10(15)4-3-9(12)7-16/h3-5,8,11H,6H2,1-2H3,(H,19,20)(H2,17,18,21). The van der Waals surface area contributed by atoms with Crippen molar-refractivity contribution in [3.05, 3.63) is 28.2 Å². The molecule has 6 nitrogen and oxygen atoms in total. The number of nitrogens with one attached hydrogen (secondary N) is 2. The van der Waals surface area contributed by atoms with Gasteiger partial charge in [0.25, 0.3) is 0 Å². The summed E-state index contributed by atoms with van der Waals surface area (Å²) < 4.78 is 0.725. The van der Waals surface area contributed by atoms with Gasteiger partial charge in [-0.05, 0) is 24.1 Å². The van der Waals surface area contributed by atoms with E-state index >= 15 is 0 Å². The highest BCUT2D eigenvalue weighted by molar-refractivity contribution is 9.10. The van der Waals surface area contributed by atoms with Crippen LogP contribution in [0.15, 0.2) is 22.7 Å². The number of nitriles is 1. The molecule has 0 aromatic heterocycles. The van der Waals surface area contributed by atoms with E-state index in [9.17, 15) is 9.59 Å². The van der Waals surface area contributed by atoms with Crippen LogP contribution in [-0.2, 0) is 4.79 Å². The fraction of sp³-hybridized carbons (Fsp3) is 0.357. The van der Waals surface area contributed by atoms with Crippen LogP contribution in [0.3, 0.4) is 0 Å². The average molecular weight is 354 g/mol. The van der Waals surface area contributed by atoms with Crippen molar-refractivity contribution >= 4 is 33.6 Å². The lowest BCUT2D eigenvalue weighted by Gasteiger charge is -2.21. The number of anilines is 1. The lowest BCUT2D eigenvalue weighted by Crippen LogP contribution is -2.42. The van der Waals surface area contributed by atoms with Crippen LogP contribution < -0.4 is 10.6 Å². The van der Waals surface area contributed by atoms with Gasteiger partial charge in [0.1, 0.15) is 6.07 Å². The van der Waals surface area contributed by atoms with Gasteiger partial charge in [-0.3, -0.25) is 4.79 Å². The maximum absolute atomic E-state index is 11.9. The second kappa shape index (κ2) is 7.64. The molecule has 0 aliphatic carbocycles. The van der Waals surface area contributed by atoms with E-state index < -0.39 is 18.0 Å². The van der Waals surface area contributed by atoms with E-state index in [-0.39, 0.29) is 12.3 Å². The molecule has 1 atom stereocenters. The minimum Gasteiger partial charge on any atom is -0.481 e.